The summed E-state index contributed by atoms with van der Waals surface area (Å²) < 4.78 is 0. The third-order valence-corrected chi connectivity index (χ3v) is 2.85. The Hall–Kier alpha value is -2.01. The number of carboxylic acids is 1. The Kier molecular flexibility index (Phi) is 3.25. The van der Waals surface area contributed by atoms with Crippen molar-refractivity contribution >= 4 is 23.3 Å². The molecule has 0 saturated heterocycles. The molecule has 18 heavy (non-hydrogen) atoms. The van der Waals surface area contributed by atoms with Gasteiger partial charge in [-0.05, 0) is 18.2 Å². The number of nitrogens with zero attached hydrogens (tertiary/aromatic N) is 2. The van der Waals surface area contributed by atoms with E-state index >= 15 is 0 Å². The molecule has 0 radical (unpaired) electrons. The zero-order valence-electron chi connectivity index (χ0n) is 9.94. The fourth-order valence-corrected chi connectivity index (χ4v) is 1.88. The van der Waals surface area contributed by atoms with Crippen LogP contribution in [-0.2, 0) is 0 Å². The lowest BCUT2D eigenvalue weighted by Crippen LogP contribution is -2.09. The molecule has 0 aliphatic rings. The number of carbonyl (C=O) groups is 1. The first kappa shape index (κ1) is 12.4. The first-order valence-electron chi connectivity index (χ1n) is 5.25. The zero-order valence-corrected chi connectivity index (χ0v) is 10.7. The van der Waals surface area contributed by atoms with Gasteiger partial charge in [-0.1, -0.05) is 17.7 Å². The predicted octanol–water partition coefficient (Wildman–Crippen LogP) is 2.49. The van der Waals surface area contributed by atoms with Gasteiger partial charge in [-0.2, -0.15) is 5.10 Å². The number of aromatic nitrogens is 2. The molecule has 0 saturated carbocycles. The summed E-state index contributed by atoms with van der Waals surface area (Å²) in [5, 5.41) is 15.9. The average Bonchev–Trinajstić information content (AvgIpc) is 2.78. The van der Waals surface area contributed by atoms with E-state index in [0.29, 0.717) is 10.7 Å². The van der Waals surface area contributed by atoms with Crippen LogP contribution in [0.5, 0.6) is 0 Å². The van der Waals surface area contributed by atoms with Crippen LogP contribution in [0.2, 0.25) is 5.02 Å². The second-order valence-electron chi connectivity index (χ2n) is 4.03. The van der Waals surface area contributed by atoms with Crippen molar-refractivity contribution in [3.05, 3.63) is 35.0 Å². The largest absolute Gasteiger partial charge is 0.477 e. The Labute approximate surface area is 109 Å². The van der Waals surface area contributed by atoms with Gasteiger partial charge in [-0.15, -0.1) is 0 Å². The first-order valence-corrected chi connectivity index (χ1v) is 5.63. The number of anilines is 1. The van der Waals surface area contributed by atoms with Crippen molar-refractivity contribution in [3.63, 3.8) is 0 Å². The summed E-state index contributed by atoms with van der Waals surface area (Å²) in [7, 11) is 3.77. The molecule has 0 unspecified atom stereocenters. The molecule has 2 N–H and O–H groups in total. The van der Waals surface area contributed by atoms with Crippen molar-refractivity contribution in [1.29, 1.82) is 0 Å². The average molecular weight is 266 g/mol. The van der Waals surface area contributed by atoms with E-state index in [1.165, 1.54) is 6.07 Å². The van der Waals surface area contributed by atoms with Gasteiger partial charge in [0.05, 0.1) is 16.4 Å². The zero-order chi connectivity index (χ0) is 13.3. The molecule has 0 spiro atoms. The molecule has 94 valence electrons. The van der Waals surface area contributed by atoms with E-state index < -0.39 is 5.97 Å². The van der Waals surface area contributed by atoms with Gasteiger partial charge in [0.15, 0.2) is 0 Å². The third kappa shape index (κ3) is 2.31. The summed E-state index contributed by atoms with van der Waals surface area (Å²) in [6, 6.07) is 6.92. The van der Waals surface area contributed by atoms with Gasteiger partial charge in [0.2, 0.25) is 0 Å². The molecule has 2 aromatic rings. The second kappa shape index (κ2) is 4.70. The Morgan fingerprint density at radius 1 is 1.39 bits per heavy atom. The molecule has 0 aliphatic heterocycles. The van der Waals surface area contributed by atoms with Crippen LogP contribution in [0.1, 0.15) is 10.5 Å². The molecule has 0 bridgehead atoms. The maximum absolute atomic E-state index is 10.8. The minimum atomic E-state index is -1.03. The Morgan fingerprint density at radius 2 is 2.11 bits per heavy atom. The molecule has 1 aromatic carbocycles. The molecule has 0 aliphatic carbocycles. The number of rotatable bonds is 3. The van der Waals surface area contributed by atoms with E-state index in [0.717, 1.165) is 11.3 Å². The number of benzene rings is 1. The topological polar surface area (TPSA) is 69.2 Å². The highest BCUT2D eigenvalue weighted by Gasteiger charge is 2.11. The Morgan fingerprint density at radius 3 is 2.67 bits per heavy atom. The molecule has 0 amide bonds. The van der Waals surface area contributed by atoms with Crippen LogP contribution in [0.4, 0.5) is 5.69 Å². The fraction of sp³-hybridized carbons (Fsp3) is 0.167. The highest BCUT2D eigenvalue weighted by molar-refractivity contribution is 6.33. The third-order valence-electron chi connectivity index (χ3n) is 2.53. The minimum Gasteiger partial charge on any atom is -0.477 e. The molecule has 5 nitrogen and oxygen atoms in total. The molecular formula is C12H12ClN3O2. The van der Waals surface area contributed by atoms with Gasteiger partial charge < -0.3 is 10.0 Å². The van der Waals surface area contributed by atoms with Crippen LogP contribution in [0.15, 0.2) is 24.3 Å². The first-order chi connectivity index (χ1) is 8.49. The number of carboxylic acid groups (broad SMARTS) is 1. The van der Waals surface area contributed by atoms with Crippen molar-refractivity contribution < 1.29 is 9.90 Å². The smallest absolute Gasteiger partial charge is 0.353 e. The van der Waals surface area contributed by atoms with E-state index in [9.17, 15) is 4.79 Å². The Balaban J connectivity index is 2.44. The standard InChI is InChI=1S/C12H12ClN3O2/c1-16(2)11-5-7(3-4-8(11)13)9-6-10(12(17)18)15-14-9/h3-6H,1-2H3,(H,14,15)(H,17,18). The maximum atomic E-state index is 10.8. The normalized spacial score (nSPS) is 10.4. The van der Waals surface area contributed by atoms with Crippen molar-refractivity contribution in [2.75, 3.05) is 19.0 Å². The quantitative estimate of drug-likeness (QED) is 0.895. The lowest BCUT2D eigenvalue weighted by molar-refractivity contribution is 0.0690. The van der Waals surface area contributed by atoms with Gasteiger partial charge in [0, 0.05) is 19.7 Å². The van der Waals surface area contributed by atoms with E-state index in [2.05, 4.69) is 10.2 Å². The van der Waals surface area contributed by atoms with Crippen LogP contribution < -0.4 is 4.90 Å². The number of nitrogens with one attached hydrogen (secondary N) is 1. The Bertz CT molecular complexity index is 593. The number of aromatic amines is 1. The number of halogens is 1. The SMILES string of the molecule is CN(C)c1cc(-c2cc(C(=O)O)[nH]n2)ccc1Cl. The molecule has 1 heterocycles. The second-order valence-corrected chi connectivity index (χ2v) is 4.44. The van der Waals surface area contributed by atoms with E-state index in [4.69, 9.17) is 16.7 Å². The lowest BCUT2D eigenvalue weighted by Gasteiger charge is -2.15. The molecule has 0 fully saturated rings. The van der Waals surface area contributed by atoms with E-state index in [-0.39, 0.29) is 5.69 Å². The van der Waals surface area contributed by atoms with E-state index in [1.807, 2.05) is 25.1 Å². The fourth-order valence-electron chi connectivity index (χ4n) is 1.59. The van der Waals surface area contributed by atoms with Gasteiger partial charge in [-0.3, -0.25) is 5.10 Å². The maximum Gasteiger partial charge on any atom is 0.353 e. The van der Waals surface area contributed by atoms with Crippen LogP contribution in [0.25, 0.3) is 11.3 Å². The van der Waals surface area contributed by atoms with E-state index in [1.54, 1.807) is 12.1 Å². The van der Waals surface area contributed by atoms with Crippen LogP contribution in [-0.4, -0.2) is 35.4 Å². The summed E-state index contributed by atoms with van der Waals surface area (Å²) in [5.74, 6) is -1.03. The number of hydrogen-bond donors (Lipinski definition) is 2. The van der Waals surface area contributed by atoms with Crippen molar-refractivity contribution in [2.24, 2.45) is 0 Å². The van der Waals surface area contributed by atoms with Gasteiger partial charge in [0.1, 0.15) is 5.69 Å². The highest BCUT2D eigenvalue weighted by Crippen LogP contribution is 2.29. The highest BCUT2D eigenvalue weighted by atomic mass is 35.5. The molecule has 0 atom stereocenters. The van der Waals surface area contributed by atoms with Gasteiger partial charge >= 0.3 is 5.97 Å². The van der Waals surface area contributed by atoms with Crippen LogP contribution in [0, 0.1) is 0 Å². The number of H-pyrrole nitrogens is 1. The lowest BCUT2D eigenvalue weighted by atomic mass is 10.1. The van der Waals surface area contributed by atoms with Gasteiger partial charge in [-0.25, -0.2) is 4.79 Å². The molecule has 6 heteroatoms. The summed E-state index contributed by atoms with van der Waals surface area (Å²) in [6.45, 7) is 0. The van der Waals surface area contributed by atoms with Crippen molar-refractivity contribution in [3.8, 4) is 11.3 Å². The van der Waals surface area contributed by atoms with Crippen molar-refractivity contribution in [1.82, 2.24) is 10.2 Å². The summed E-state index contributed by atoms with van der Waals surface area (Å²) in [4.78, 5) is 12.7. The van der Waals surface area contributed by atoms with Crippen molar-refractivity contribution in [2.45, 2.75) is 0 Å². The number of hydrogen-bond acceptors (Lipinski definition) is 3. The summed E-state index contributed by atoms with van der Waals surface area (Å²) in [5.41, 5.74) is 2.31. The summed E-state index contributed by atoms with van der Waals surface area (Å²) in [6.07, 6.45) is 0. The summed E-state index contributed by atoms with van der Waals surface area (Å²) >= 11 is 6.07. The predicted molar refractivity (Wildman–Crippen MR) is 70.3 cm³/mol. The molecular weight excluding hydrogens is 254 g/mol. The molecule has 1 aromatic heterocycles. The monoisotopic (exact) mass is 265 g/mol. The molecule has 2 rings (SSSR count). The minimum absolute atomic E-state index is 0.0614. The van der Waals surface area contributed by atoms with Gasteiger partial charge in [0.25, 0.3) is 0 Å². The number of aromatic carboxylic acids is 1. The van der Waals surface area contributed by atoms with Crippen LogP contribution >= 0.6 is 11.6 Å². The van der Waals surface area contributed by atoms with Crippen LogP contribution in [0.3, 0.4) is 0 Å².